The van der Waals surface area contributed by atoms with Crippen LogP contribution in [0.5, 0.6) is 0 Å². The average Bonchev–Trinajstić information content (AvgIpc) is 3.00. The predicted octanol–water partition coefficient (Wildman–Crippen LogP) is 1.40. The number of rotatable bonds is 4. The van der Waals surface area contributed by atoms with Crippen molar-refractivity contribution in [3.63, 3.8) is 0 Å². The highest BCUT2D eigenvalue weighted by atomic mass is 35.5. The van der Waals surface area contributed by atoms with Crippen LogP contribution in [-0.4, -0.2) is 71.9 Å². The van der Waals surface area contributed by atoms with Crippen LogP contribution in [-0.2, 0) is 11.3 Å². The Morgan fingerprint density at radius 2 is 2.00 bits per heavy atom. The summed E-state index contributed by atoms with van der Waals surface area (Å²) in [4.78, 5) is 29.9. The van der Waals surface area contributed by atoms with Gasteiger partial charge in [-0.05, 0) is 24.6 Å². The third-order valence-corrected chi connectivity index (χ3v) is 4.97. The number of hydrogen-bond acceptors (Lipinski definition) is 4. The summed E-state index contributed by atoms with van der Waals surface area (Å²) in [5.74, 6) is -0.103. The van der Waals surface area contributed by atoms with Crippen LogP contribution in [0.15, 0.2) is 24.3 Å². The molecule has 1 atom stereocenters. The SMILES string of the molecule is C[C@H](C(=O)N1CCNC1=O)N1CCN(Cc2cccc(Cl)c2)CC1. The van der Waals surface area contributed by atoms with E-state index in [2.05, 4.69) is 21.2 Å². The van der Waals surface area contributed by atoms with Crippen LogP contribution >= 0.6 is 11.6 Å². The third kappa shape index (κ3) is 3.88. The summed E-state index contributed by atoms with van der Waals surface area (Å²) in [6.07, 6.45) is 0. The van der Waals surface area contributed by atoms with Gasteiger partial charge in [0.25, 0.3) is 0 Å². The highest BCUT2D eigenvalue weighted by molar-refractivity contribution is 6.30. The topological polar surface area (TPSA) is 55.9 Å². The molecule has 2 aliphatic rings. The largest absolute Gasteiger partial charge is 0.336 e. The van der Waals surface area contributed by atoms with E-state index in [-0.39, 0.29) is 18.0 Å². The van der Waals surface area contributed by atoms with Crippen molar-refractivity contribution in [3.05, 3.63) is 34.9 Å². The zero-order valence-electron chi connectivity index (χ0n) is 13.9. The minimum absolute atomic E-state index is 0.103. The van der Waals surface area contributed by atoms with Crippen molar-refractivity contribution >= 4 is 23.5 Å². The van der Waals surface area contributed by atoms with Crippen LogP contribution in [0, 0.1) is 0 Å². The zero-order chi connectivity index (χ0) is 17.1. The Balaban J connectivity index is 1.51. The number of halogens is 1. The van der Waals surface area contributed by atoms with Crippen LogP contribution in [0.1, 0.15) is 12.5 Å². The van der Waals surface area contributed by atoms with Crippen LogP contribution in [0.4, 0.5) is 4.79 Å². The molecule has 130 valence electrons. The van der Waals surface area contributed by atoms with E-state index in [4.69, 9.17) is 11.6 Å². The number of carbonyl (C=O) groups excluding carboxylic acids is 2. The van der Waals surface area contributed by atoms with E-state index in [0.717, 1.165) is 37.7 Å². The van der Waals surface area contributed by atoms with Crippen molar-refractivity contribution in [2.24, 2.45) is 0 Å². The molecule has 3 rings (SSSR count). The smallest absolute Gasteiger partial charge is 0.324 e. The molecule has 24 heavy (non-hydrogen) atoms. The molecule has 6 nitrogen and oxygen atoms in total. The molecule has 1 N–H and O–H groups in total. The lowest BCUT2D eigenvalue weighted by molar-refractivity contribution is -0.133. The molecule has 0 aliphatic carbocycles. The van der Waals surface area contributed by atoms with Gasteiger partial charge >= 0.3 is 6.03 Å². The normalized spacial score (nSPS) is 20.9. The van der Waals surface area contributed by atoms with E-state index in [0.29, 0.717) is 13.1 Å². The van der Waals surface area contributed by atoms with Crippen molar-refractivity contribution in [2.45, 2.75) is 19.5 Å². The van der Waals surface area contributed by atoms with Crippen molar-refractivity contribution in [1.82, 2.24) is 20.0 Å². The van der Waals surface area contributed by atoms with Crippen LogP contribution in [0.2, 0.25) is 5.02 Å². The van der Waals surface area contributed by atoms with Crippen molar-refractivity contribution in [1.29, 1.82) is 0 Å². The van der Waals surface area contributed by atoms with Gasteiger partial charge in [-0.15, -0.1) is 0 Å². The molecule has 0 radical (unpaired) electrons. The van der Waals surface area contributed by atoms with Crippen molar-refractivity contribution in [2.75, 3.05) is 39.3 Å². The molecule has 0 saturated carbocycles. The number of imide groups is 1. The number of nitrogens with one attached hydrogen (secondary N) is 1. The van der Waals surface area contributed by atoms with E-state index in [1.54, 1.807) is 0 Å². The number of urea groups is 1. The van der Waals surface area contributed by atoms with Gasteiger partial charge in [-0.25, -0.2) is 4.79 Å². The number of benzene rings is 1. The maximum absolute atomic E-state index is 12.5. The van der Waals surface area contributed by atoms with E-state index in [9.17, 15) is 9.59 Å². The lowest BCUT2D eigenvalue weighted by Gasteiger charge is -2.38. The first kappa shape index (κ1) is 17.2. The van der Waals surface area contributed by atoms with E-state index >= 15 is 0 Å². The molecule has 0 bridgehead atoms. The summed E-state index contributed by atoms with van der Waals surface area (Å²) in [7, 11) is 0. The molecular weight excluding hydrogens is 328 g/mol. The summed E-state index contributed by atoms with van der Waals surface area (Å²) < 4.78 is 0. The standard InChI is InChI=1S/C17H23ClN4O2/c1-13(16(23)22-6-5-19-17(22)24)21-9-7-20(8-10-21)12-14-3-2-4-15(18)11-14/h2-4,11,13H,5-10,12H2,1H3,(H,19,24)/t13-/m1/s1. The molecule has 3 amide bonds. The summed E-state index contributed by atoms with van der Waals surface area (Å²) in [6, 6.07) is 7.39. The van der Waals surface area contributed by atoms with Gasteiger partial charge in [-0.3, -0.25) is 19.5 Å². The maximum atomic E-state index is 12.5. The summed E-state index contributed by atoms with van der Waals surface area (Å²) in [6.45, 7) is 7.21. The van der Waals surface area contributed by atoms with Gasteiger partial charge < -0.3 is 5.32 Å². The molecule has 1 aromatic rings. The van der Waals surface area contributed by atoms with Crippen molar-refractivity contribution in [3.8, 4) is 0 Å². The molecule has 2 saturated heterocycles. The fraction of sp³-hybridized carbons (Fsp3) is 0.529. The monoisotopic (exact) mass is 350 g/mol. The number of hydrogen-bond donors (Lipinski definition) is 1. The van der Waals surface area contributed by atoms with E-state index < -0.39 is 0 Å². The van der Waals surface area contributed by atoms with Gasteiger partial charge in [0.05, 0.1) is 6.04 Å². The molecule has 2 aliphatic heterocycles. The average molecular weight is 351 g/mol. The summed E-state index contributed by atoms with van der Waals surface area (Å²) >= 11 is 6.03. The molecule has 2 heterocycles. The van der Waals surface area contributed by atoms with Crippen LogP contribution in [0.3, 0.4) is 0 Å². The quantitative estimate of drug-likeness (QED) is 0.891. The fourth-order valence-electron chi connectivity index (χ4n) is 3.27. The first-order valence-corrected chi connectivity index (χ1v) is 8.72. The first-order chi connectivity index (χ1) is 11.5. The third-order valence-electron chi connectivity index (χ3n) is 4.73. The molecule has 0 spiro atoms. The zero-order valence-corrected chi connectivity index (χ0v) is 14.6. The second-order valence-electron chi connectivity index (χ2n) is 6.34. The van der Waals surface area contributed by atoms with Crippen LogP contribution < -0.4 is 5.32 Å². The van der Waals surface area contributed by atoms with E-state index in [1.165, 1.54) is 10.5 Å². The van der Waals surface area contributed by atoms with Gasteiger partial charge in [0.1, 0.15) is 0 Å². The number of carbonyl (C=O) groups is 2. The van der Waals surface area contributed by atoms with Crippen LogP contribution in [0.25, 0.3) is 0 Å². The number of piperazine rings is 1. The summed E-state index contributed by atoms with van der Waals surface area (Å²) in [5, 5.41) is 3.43. The molecule has 0 aromatic heterocycles. The predicted molar refractivity (Wildman–Crippen MR) is 92.9 cm³/mol. The van der Waals surface area contributed by atoms with Gasteiger partial charge in [-0.1, -0.05) is 23.7 Å². The Morgan fingerprint density at radius 3 is 2.62 bits per heavy atom. The molecule has 7 heteroatoms. The Labute approximate surface area is 147 Å². The number of amides is 3. The molecule has 2 fully saturated rings. The Bertz CT molecular complexity index is 616. The Hall–Kier alpha value is -1.63. The lowest BCUT2D eigenvalue weighted by Crippen LogP contribution is -2.54. The van der Waals surface area contributed by atoms with Gasteiger partial charge in [0, 0.05) is 50.8 Å². The first-order valence-electron chi connectivity index (χ1n) is 8.34. The van der Waals surface area contributed by atoms with E-state index in [1.807, 2.05) is 25.1 Å². The number of nitrogens with zero attached hydrogens (tertiary/aromatic N) is 3. The Kier molecular flexibility index (Phi) is 5.38. The van der Waals surface area contributed by atoms with Gasteiger partial charge in [0.2, 0.25) is 5.91 Å². The minimum Gasteiger partial charge on any atom is -0.336 e. The molecular formula is C17H23ClN4O2. The Morgan fingerprint density at radius 1 is 1.25 bits per heavy atom. The maximum Gasteiger partial charge on any atom is 0.324 e. The molecule has 1 aromatic carbocycles. The highest BCUT2D eigenvalue weighted by Gasteiger charge is 2.33. The second kappa shape index (κ2) is 7.51. The lowest BCUT2D eigenvalue weighted by atomic mass is 10.1. The van der Waals surface area contributed by atoms with Crippen molar-refractivity contribution < 1.29 is 9.59 Å². The fourth-order valence-corrected chi connectivity index (χ4v) is 3.48. The molecule has 0 unspecified atom stereocenters. The van der Waals surface area contributed by atoms with Gasteiger partial charge in [-0.2, -0.15) is 0 Å². The van der Waals surface area contributed by atoms with Gasteiger partial charge in [0.15, 0.2) is 0 Å². The highest BCUT2D eigenvalue weighted by Crippen LogP contribution is 2.15. The minimum atomic E-state index is -0.272. The summed E-state index contributed by atoms with van der Waals surface area (Å²) in [5.41, 5.74) is 1.20. The second-order valence-corrected chi connectivity index (χ2v) is 6.78.